The normalized spacial score (nSPS) is 10.3. The van der Waals surface area contributed by atoms with Crippen molar-refractivity contribution in [2.75, 3.05) is 11.9 Å². The SMILES string of the molecule is Cc1ccc(Nc2nc(C(=O)OCC(=O)c3ccccc3)cs2)cc1. The average Bonchev–Trinajstić information content (AvgIpc) is 3.10. The van der Waals surface area contributed by atoms with Crippen molar-refractivity contribution in [1.82, 2.24) is 4.98 Å². The van der Waals surface area contributed by atoms with Gasteiger partial charge in [-0.3, -0.25) is 4.79 Å². The summed E-state index contributed by atoms with van der Waals surface area (Å²) in [5.74, 6) is -0.861. The number of hydrogen-bond donors (Lipinski definition) is 1. The maximum absolute atomic E-state index is 12.0. The second-order valence-corrected chi connectivity index (χ2v) is 6.25. The summed E-state index contributed by atoms with van der Waals surface area (Å²) >= 11 is 1.30. The predicted molar refractivity (Wildman–Crippen MR) is 97.6 cm³/mol. The van der Waals surface area contributed by atoms with Gasteiger partial charge in [-0.2, -0.15) is 0 Å². The van der Waals surface area contributed by atoms with Crippen LogP contribution in [0.4, 0.5) is 10.8 Å². The Morgan fingerprint density at radius 3 is 2.52 bits per heavy atom. The van der Waals surface area contributed by atoms with E-state index in [0.29, 0.717) is 10.7 Å². The summed E-state index contributed by atoms with van der Waals surface area (Å²) in [4.78, 5) is 28.2. The number of nitrogens with one attached hydrogen (secondary N) is 1. The van der Waals surface area contributed by atoms with Gasteiger partial charge >= 0.3 is 5.97 Å². The number of anilines is 2. The van der Waals surface area contributed by atoms with Crippen LogP contribution in [0.2, 0.25) is 0 Å². The minimum Gasteiger partial charge on any atom is -0.453 e. The van der Waals surface area contributed by atoms with Gasteiger partial charge in [-0.15, -0.1) is 11.3 Å². The molecule has 0 atom stereocenters. The Morgan fingerprint density at radius 1 is 1.08 bits per heavy atom. The first-order valence-corrected chi connectivity index (χ1v) is 8.54. The topological polar surface area (TPSA) is 68.3 Å². The summed E-state index contributed by atoms with van der Waals surface area (Å²) in [6, 6.07) is 16.6. The lowest BCUT2D eigenvalue weighted by Gasteiger charge is -2.03. The van der Waals surface area contributed by atoms with Gasteiger partial charge in [-0.25, -0.2) is 9.78 Å². The van der Waals surface area contributed by atoms with E-state index in [2.05, 4.69) is 10.3 Å². The molecule has 126 valence electrons. The van der Waals surface area contributed by atoms with Gasteiger partial charge < -0.3 is 10.1 Å². The lowest BCUT2D eigenvalue weighted by atomic mass is 10.1. The summed E-state index contributed by atoms with van der Waals surface area (Å²) in [6.07, 6.45) is 0. The number of esters is 1. The fourth-order valence-corrected chi connectivity index (χ4v) is 2.80. The molecule has 0 saturated heterocycles. The van der Waals surface area contributed by atoms with Crippen LogP contribution in [-0.4, -0.2) is 23.3 Å². The number of nitrogens with zero attached hydrogens (tertiary/aromatic N) is 1. The molecule has 2 aromatic carbocycles. The molecule has 0 radical (unpaired) electrons. The molecule has 3 aromatic rings. The van der Waals surface area contributed by atoms with E-state index < -0.39 is 5.97 Å². The number of hydrogen-bond acceptors (Lipinski definition) is 6. The smallest absolute Gasteiger partial charge is 0.358 e. The van der Waals surface area contributed by atoms with E-state index in [1.54, 1.807) is 29.6 Å². The Kier molecular flexibility index (Phi) is 5.20. The number of ether oxygens (including phenoxy) is 1. The number of carbonyl (C=O) groups excluding carboxylic acids is 2. The highest BCUT2D eigenvalue weighted by molar-refractivity contribution is 7.14. The second-order valence-electron chi connectivity index (χ2n) is 5.39. The van der Waals surface area contributed by atoms with Crippen LogP contribution in [0.5, 0.6) is 0 Å². The van der Waals surface area contributed by atoms with Gasteiger partial charge in [-0.05, 0) is 19.1 Å². The van der Waals surface area contributed by atoms with Gasteiger partial charge in [0.25, 0.3) is 0 Å². The summed E-state index contributed by atoms with van der Waals surface area (Å²) in [5, 5.41) is 5.32. The third-order valence-corrected chi connectivity index (χ3v) is 4.20. The van der Waals surface area contributed by atoms with Crippen molar-refractivity contribution in [2.45, 2.75) is 6.92 Å². The van der Waals surface area contributed by atoms with Gasteiger partial charge in [-0.1, -0.05) is 48.0 Å². The molecule has 5 nitrogen and oxygen atoms in total. The molecular weight excluding hydrogens is 336 g/mol. The highest BCUT2D eigenvalue weighted by atomic mass is 32.1. The van der Waals surface area contributed by atoms with E-state index in [1.165, 1.54) is 11.3 Å². The molecule has 1 heterocycles. The number of Topliss-reactive ketones (excluding diaryl/α,β-unsaturated/α-hetero) is 1. The quantitative estimate of drug-likeness (QED) is 0.531. The van der Waals surface area contributed by atoms with Gasteiger partial charge in [0.1, 0.15) is 0 Å². The van der Waals surface area contributed by atoms with Crippen molar-refractivity contribution >= 4 is 33.9 Å². The number of rotatable bonds is 6. The monoisotopic (exact) mass is 352 g/mol. The Labute approximate surface area is 149 Å². The molecule has 0 fully saturated rings. The molecule has 0 amide bonds. The molecule has 1 aromatic heterocycles. The molecule has 0 aliphatic heterocycles. The van der Waals surface area contributed by atoms with Crippen molar-refractivity contribution in [2.24, 2.45) is 0 Å². The summed E-state index contributed by atoms with van der Waals surface area (Å²) < 4.78 is 5.05. The molecule has 0 aliphatic rings. The second kappa shape index (κ2) is 7.72. The van der Waals surface area contributed by atoms with Gasteiger partial charge in [0, 0.05) is 16.6 Å². The maximum Gasteiger partial charge on any atom is 0.358 e. The van der Waals surface area contributed by atoms with E-state index in [-0.39, 0.29) is 18.1 Å². The number of aryl methyl sites for hydroxylation is 1. The van der Waals surface area contributed by atoms with E-state index in [0.717, 1.165) is 11.3 Å². The van der Waals surface area contributed by atoms with Crippen molar-refractivity contribution in [1.29, 1.82) is 0 Å². The molecule has 3 rings (SSSR count). The van der Waals surface area contributed by atoms with Crippen LogP contribution in [0.25, 0.3) is 0 Å². The molecule has 0 unspecified atom stereocenters. The molecular formula is C19H16N2O3S. The number of benzene rings is 2. The maximum atomic E-state index is 12.0. The Bertz CT molecular complexity index is 873. The summed E-state index contributed by atoms with van der Waals surface area (Å²) in [7, 11) is 0. The molecule has 0 bridgehead atoms. The largest absolute Gasteiger partial charge is 0.453 e. The van der Waals surface area contributed by atoms with E-state index >= 15 is 0 Å². The van der Waals surface area contributed by atoms with Crippen molar-refractivity contribution < 1.29 is 14.3 Å². The first-order valence-electron chi connectivity index (χ1n) is 7.66. The zero-order valence-corrected chi connectivity index (χ0v) is 14.4. The minimum atomic E-state index is -0.613. The third kappa shape index (κ3) is 4.51. The Hall–Kier alpha value is -2.99. The van der Waals surface area contributed by atoms with Crippen LogP contribution in [-0.2, 0) is 4.74 Å². The fourth-order valence-electron chi connectivity index (χ4n) is 2.10. The number of aromatic nitrogens is 1. The lowest BCUT2D eigenvalue weighted by molar-refractivity contribution is 0.0470. The van der Waals surface area contributed by atoms with Crippen molar-refractivity contribution in [3.8, 4) is 0 Å². The average molecular weight is 352 g/mol. The molecule has 0 spiro atoms. The van der Waals surface area contributed by atoms with Crippen LogP contribution >= 0.6 is 11.3 Å². The first-order chi connectivity index (χ1) is 12.1. The fraction of sp³-hybridized carbons (Fsp3) is 0.105. The lowest BCUT2D eigenvalue weighted by Crippen LogP contribution is -2.14. The van der Waals surface area contributed by atoms with Crippen LogP contribution in [0.15, 0.2) is 60.0 Å². The zero-order valence-electron chi connectivity index (χ0n) is 13.6. The molecule has 1 N–H and O–H groups in total. The van der Waals surface area contributed by atoms with Crippen LogP contribution in [0, 0.1) is 6.92 Å². The van der Waals surface area contributed by atoms with Crippen LogP contribution < -0.4 is 5.32 Å². The number of ketones is 1. The molecule has 6 heteroatoms. The van der Waals surface area contributed by atoms with E-state index in [9.17, 15) is 9.59 Å². The highest BCUT2D eigenvalue weighted by Gasteiger charge is 2.15. The van der Waals surface area contributed by atoms with Crippen molar-refractivity contribution in [3.05, 3.63) is 76.8 Å². The molecule has 25 heavy (non-hydrogen) atoms. The van der Waals surface area contributed by atoms with Crippen molar-refractivity contribution in [3.63, 3.8) is 0 Å². The van der Waals surface area contributed by atoms with E-state index in [1.807, 2.05) is 37.3 Å². The Morgan fingerprint density at radius 2 is 1.80 bits per heavy atom. The standard InChI is InChI=1S/C19H16N2O3S/c1-13-7-9-15(10-8-13)20-19-21-16(12-25-19)18(23)24-11-17(22)14-5-3-2-4-6-14/h2-10,12H,11H2,1H3,(H,20,21). The van der Waals surface area contributed by atoms with E-state index in [4.69, 9.17) is 4.74 Å². The number of carbonyl (C=O) groups is 2. The zero-order chi connectivity index (χ0) is 17.6. The Balaban J connectivity index is 1.57. The molecule has 0 saturated carbocycles. The third-order valence-electron chi connectivity index (χ3n) is 3.45. The first kappa shape index (κ1) is 16.9. The number of thiazole rings is 1. The minimum absolute atomic E-state index is 0.181. The van der Waals surface area contributed by atoms with Gasteiger partial charge in [0.15, 0.2) is 23.2 Å². The summed E-state index contributed by atoms with van der Waals surface area (Å²) in [5.41, 5.74) is 2.74. The predicted octanol–water partition coefficient (Wildman–Crippen LogP) is 4.23. The van der Waals surface area contributed by atoms with Gasteiger partial charge in [0.05, 0.1) is 0 Å². The summed E-state index contributed by atoms with van der Waals surface area (Å²) in [6.45, 7) is 1.71. The highest BCUT2D eigenvalue weighted by Crippen LogP contribution is 2.21. The van der Waals surface area contributed by atoms with Crippen LogP contribution in [0.1, 0.15) is 26.4 Å². The van der Waals surface area contributed by atoms with Crippen LogP contribution in [0.3, 0.4) is 0 Å². The molecule has 0 aliphatic carbocycles. The van der Waals surface area contributed by atoms with Gasteiger partial charge in [0.2, 0.25) is 0 Å².